The highest BCUT2D eigenvalue weighted by Crippen LogP contribution is 2.27. The smallest absolute Gasteiger partial charge is 0.123 e. The van der Waals surface area contributed by atoms with E-state index in [1.54, 1.807) is 12.1 Å². The van der Waals surface area contributed by atoms with Gasteiger partial charge in [-0.05, 0) is 54.8 Å². The predicted octanol–water partition coefficient (Wildman–Crippen LogP) is 4.81. The average molecular weight is 279 g/mol. The summed E-state index contributed by atoms with van der Waals surface area (Å²) in [5.74, 6) is 0.535. The lowest BCUT2D eigenvalue weighted by Gasteiger charge is -2.27. The molecule has 0 fully saturated rings. The second-order valence-corrected chi connectivity index (χ2v) is 7.19. The molecule has 114 valence electrons. The Morgan fingerprint density at radius 3 is 2.50 bits per heavy atom. The highest BCUT2D eigenvalue weighted by molar-refractivity contribution is 5.17. The van der Waals surface area contributed by atoms with Crippen molar-refractivity contribution in [2.24, 2.45) is 11.3 Å². The Morgan fingerprint density at radius 1 is 1.25 bits per heavy atom. The lowest BCUT2D eigenvalue weighted by molar-refractivity contribution is 0.275. The van der Waals surface area contributed by atoms with Crippen molar-refractivity contribution >= 4 is 0 Å². The van der Waals surface area contributed by atoms with Crippen LogP contribution in [0, 0.1) is 17.2 Å². The van der Waals surface area contributed by atoms with Gasteiger partial charge in [-0.15, -0.1) is 0 Å². The monoisotopic (exact) mass is 279 g/mol. The molecule has 0 aliphatic carbocycles. The molecule has 0 bridgehead atoms. The summed E-state index contributed by atoms with van der Waals surface area (Å²) in [5, 5.41) is 3.54. The number of halogens is 1. The quantitative estimate of drug-likeness (QED) is 0.755. The van der Waals surface area contributed by atoms with E-state index in [1.807, 2.05) is 6.07 Å². The molecule has 0 amide bonds. The van der Waals surface area contributed by atoms with Crippen LogP contribution in [0.15, 0.2) is 24.3 Å². The molecule has 1 rings (SSSR count). The van der Waals surface area contributed by atoms with Crippen LogP contribution in [0.5, 0.6) is 0 Å². The Balaban J connectivity index is 2.60. The van der Waals surface area contributed by atoms with Crippen molar-refractivity contribution in [2.45, 2.75) is 59.9 Å². The summed E-state index contributed by atoms with van der Waals surface area (Å²) in [4.78, 5) is 0. The van der Waals surface area contributed by atoms with Crippen LogP contribution in [0.3, 0.4) is 0 Å². The number of likely N-dealkylation sites (N-methyl/N-ethyl adjacent to an activating group) is 1. The maximum Gasteiger partial charge on any atom is 0.123 e. The first-order valence-corrected chi connectivity index (χ1v) is 7.78. The summed E-state index contributed by atoms with van der Waals surface area (Å²) < 4.78 is 13.3. The number of nitrogens with one attached hydrogen (secondary N) is 1. The topological polar surface area (TPSA) is 12.0 Å². The summed E-state index contributed by atoms with van der Waals surface area (Å²) in [7, 11) is 0. The summed E-state index contributed by atoms with van der Waals surface area (Å²) in [6, 6.07) is 7.40. The van der Waals surface area contributed by atoms with Crippen LogP contribution in [0.25, 0.3) is 0 Å². The lowest BCUT2D eigenvalue weighted by atomic mass is 9.82. The van der Waals surface area contributed by atoms with Gasteiger partial charge in [0.2, 0.25) is 0 Å². The highest BCUT2D eigenvalue weighted by atomic mass is 19.1. The van der Waals surface area contributed by atoms with E-state index in [0.717, 1.165) is 24.9 Å². The highest BCUT2D eigenvalue weighted by Gasteiger charge is 2.19. The van der Waals surface area contributed by atoms with E-state index in [9.17, 15) is 4.39 Å². The summed E-state index contributed by atoms with van der Waals surface area (Å²) >= 11 is 0. The Bertz CT molecular complexity index is 395. The fourth-order valence-electron chi connectivity index (χ4n) is 3.09. The van der Waals surface area contributed by atoms with Gasteiger partial charge < -0.3 is 5.32 Å². The number of benzene rings is 1. The maximum atomic E-state index is 13.3. The van der Waals surface area contributed by atoms with Crippen molar-refractivity contribution in [3.05, 3.63) is 35.6 Å². The van der Waals surface area contributed by atoms with E-state index in [-0.39, 0.29) is 5.82 Å². The van der Waals surface area contributed by atoms with Gasteiger partial charge in [0.1, 0.15) is 5.82 Å². The first-order chi connectivity index (χ1) is 9.30. The minimum Gasteiger partial charge on any atom is -0.314 e. The second kappa shape index (κ2) is 7.78. The molecular formula is C18H30FN. The van der Waals surface area contributed by atoms with Crippen LogP contribution in [-0.2, 0) is 6.42 Å². The van der Waals surface area contributed by atoms with Gasteiger partial charge in [0, 0.05) is 6.04 Å². The zero-order valence-electron chi connectivity index (χ0n) is 13.7. The third-order valence-electron chi connectivity index (χ3n) is 3.51. The van der Waals surface area contributed by atoms with Gasteiger partial charge in [0.15, 0.2) is 0 Å². The van der Waals surface area contributed by atoms with Crippen molar-refractivity contribution in [1.29, 1.82) is 0 Å². The molecule has 0 heterocycles. The molecule has 0 radical (unpaired) electrons. The molecule has 1 aromatic rings. The zero-order valence-corrected chi connectivity index (χ0v) is 13.7. The third kappa shape index (κ3) is 7.04. The Kier molecular flexibility index (Phi) is 6.67. The third-order valence-corrected chi connectivity index (χ3v) is 3.51. The second-order valence-electron chi connectivity index (χ2n) is 7.19. The predicted molar refractivity (Wildman–Crippen MR) is 85.4 cm³/mol. The average Bonchev–Trinajstić information content (AvgIpc) is 2.26. The molecule has 0 aliphatic heterocycles. The minimum absolute atomic E-state index is 0.138. The summed E-state index contributed by atoms with van der Waals surface area (Å²) in [5.41, 5.74) is 1.45. The van der Waals surface area contributed by atoms with Gasteiger partial charge in [-0.1, -0.05) is 46.8 Å². The van der Waals surface area contributed by atoms with Crippen LogP contribution in [0.1, 0.15) is 53.0 Å². The fraction of sp³-hybridized carbons (Fsp3) is 0.667. The molecular weight excluding hydrogens is 249 g/mol. The van der Waals surface area contributed by atoms with Crippen LogP contribution < -0.4 is 5.32 Å². The first kappa shape index (κ1) is 17.2. The van der Waals surface area contributed by atoms with Gasteiger partial charge in [0.25, 0.3) is 0 Å². The molecule has 2 heteroatoms. The van der Waals surface area contributed by atoms with Crippen LogP contribution >= 0.6 is 0 Å². The van der Waals surface area contributed by atoms with Gasteiger partial charge in [-0.2, -0.15) is 0 Å². The molecule has 0 aliphatic rings. The van der Waals surface area contributed by atoms with Gasteiger partial charge in [-0.3, -0.25) is 0 Å². The molecule has 2 atom stereocenters. The van der Waals surface area contributed by atoms with E-state index in [4.69, 9.17) is 0 Å². The zero-order chi connectivity index (χ0) is 15.2. The number of rotatable bonds is 7. The molecule has 0 spiro atoms. The van der Waals surface area contributed by atoms with Crippen molar-refractivity contribution in [1.82, 2.24) is 5.32 Å². The van der Waals surface area contributed by atoms with E-state index < -0.39 is 0 Å². The SMILES string of the molecule is CCNC(Cc1cccc(F)c1)CC(C)CC(C)(C)C. The summed E-state index contributed by atoms with van der Waals surface area (Å²) in [6.45, 7) is 12.3. The molecule has 1 aromatic carbocycles. The van der Waals surface area contributed by atoms with E-state index in [1.165, 1.54) is 12.5 Å². The lowest BCUT2D eigenvalue weighted by Crippen LogP contribution is -2.33. The Labute approximate surface area is 124 Å². The van der Waals surface area contributed by atoms with Crippen molar-refractivity contribution in [2.75, 3.05) is 6.54 Å². The van der Waals surface area contributed by atoms with E-state index >= 15 is 0 Å². The molecule has 0 saturated heterocycles. The van der Waals surface area contributed by atoms with Gasteiger partial charge in [-0.25, -0.2) is 4.39 Å². The first-order valence-electron chi connectivity index (χ1n) is 7.78. The van der Waals surface area contributed by atoms with Crippen molar-refractivity contribution in [3.63, 3.8) is 0 Å². The van der Waals surface area contributed by atoms with Crippen molar-refractivity contribution < 1.29 is 4.39 Å². The normalized spacial score (nSPS) is 15.1. The standard InChI is InChI=1S/C18H30FN/c1-6-20-17(10-14(2)13-18(3,4)5)12-15-8-7-9-16(19)11-15/h7-9,11,14,17,20H,6,10,12-13H2,1-5H3. The molecule has 1 nitrogen and oxygen atoms in total. The molecule has 20 heavy (non-hydrogen) atoms. The van der Waals surface area contributed by atoms with Crippen LogP contribution in [0.4, 0.5) is 4.39 Å². The van der Waals surface area contributed by atoms with Crippen LogP contribution in [-0.4, -0.2) is 12.6 Å². The fourth-order valence-corrected chi connectivity index (χ4v) is 3.09. The van der Waals surface area contributed by atoms with Gasteiger partial charge in [0.05, 0.1) is 0 Å². The van der Waals surface area contributed by atoms with E-state index in [2.05, 4.69) is 39.9 Å². The molecule has 0 aromatic heterocycles. The van der Waals surface area contributed by atoms with Crippen molar-refractivity contribution in [3.8, 4) is 0 Å². The van der Waals surface area contributed by atoms with Gasteiger partial charge >= 0.3 is 0 Å². The Morgan fingerprint density at radius 2 is 1.95 bits per heavy atom. The van der Waals surface area contributed by atoms with E-state index in [0.29, 0.717) is 17.4 Å². The van der Waals surface area contributed by atoms with Crippen LogP contribution in [0.2, 0.25) is 0 Å². The molecule has 2 unspecified atom stereocenters. The molecule has 1 N–H and O–H groups in total. The number of hydrogen-bond acceptors (Lipinski definition) is 1. The summed E-state index contributed by atoms with van der Waals surface area (Å²) in [6.07, 6.45) is 3.26. The Hall–Kier alpha value is -0.890. The molecule has 0 saturated carbocycles. The maximum absolute atomic E-state index is 13.3. The largest absolute Gasteiger partial charge is 0.314 e. The number of hydrogen-bond donors (Lipinski definition) is 1. The minimum atomic E-state index is -0.138.